The molecular weight excluding hydrogens is 156 g/mol. The Morgan fingerprint density at radius 3 is 2.82 bits per heavy atom. The quantitative estimate of drug-likeness (QED) is 0.617. The standard InChI is InChI=1S/C9H10OS/c1-7-5-9(11-6-7)4-3-8(2)10/h3-6H,1-2H3. The van der Waals surface area contributed by atoms with Crippen molar-refractivity contribution in [3.8, 4) is 0 Å². The van der Waals surface area contributed by atoms with Crippen molar-refractivity contribution in [1.29, 1.82) is 0 Å². The van der Waals surface area contributed by atoms with Gasteiger partial charge in [-0.1, -0.05) is 0 Å². The predicted octanol–water partition coefficient (Wildman–Crippen LogP) is 2.66. The highest BCUT2D eigenvalue weighted by molar-refractivity contribution is 7.11. The second-order valence-electron chi connectivity index (χ2n) is 2.47. The Morgan fingerprint density at radius 2 is 2.36 bits per heavy atom. The van der Waals surface area contributed by atoms with Gasteiger partial charge in [0.2, 0.25) is 0 Å². The first-order chi connectivity index (χ1) is 5.18. The third-order valence-corrected chi connectivity index (χ3v) is 2.25. The average molecular weight is 166 g/mol. The molecule has 11 heavy (non-hydrogen) atoms. The third kappa shape index (κ3) is 2.68. The van der Waals surface area contributed by atoms with Crippen LogP contribution in [0, 0.1) is 6.92 Å². The molecule has 1 aromatic rings. The van der Waals surface area contributed by atoms with E-state index >= 15 is 0 Å². The fourth-order valence-electron chi connectivity index (χ4n) is 0.740. The van der Waals surface area contributed by atoms with Crippen LogP contribution in [-0.2, 0) is 4.79 Å². The second-order valence-corrected chi connectivity index (χ2v) is 3.41. The summed E-state index contributed by atoms with van der Waals surface area (Å²) >= 11 is 1.65. The molecule has 0 fully saturated rings. The minimum atomic E-state index is 0.0936. The van der Waals surface area contributed by atoms with Crippen LogP contribution in [-0.4, -0.2) is 5.78 Å². The highest BCUT2D eigenvalue weighted by Crippen LogP contribution is 2.14. The second kappa shape index (κ2) is 3.49. The largest absolute Gasteiger partial charge is 0.295 e. The van der Waals surface area contributed by atoms with Crippen molar-refractivity contribution in [3.63, 3.8) is 0 Å². The zero-order valence-corrected chi connectivity index (χ0v) is 7.44. The van der Waals surface area contributed by atoms with E-state index in [2.05, 4.69) is 11.4 Å². The molecule has 0 radical (unpaired) electrons. The fraction of sp³-hybridized carbons (Fsp3) is 0.222. The molecule has 1 nitrogen and oxygen atoms in total. The smallest absolute Gasteiger partial charge is 0.152 e. The number of carbonyl (C=O) groups is 1. The summed E-state index contributed by atoms with van der Waals surface area (Å²) in [7, 11) is 0. The Bertz CT molecular complexity index is 284. The lowest BCUT2D eigenvalue weighted by Crippen LogP contribution is -1.77. The summed E-state index contributed by atoms with van der Waals surface area (Å²) in [5.41, 5.74) is 1.25. The summed E-state index contributed by atoms with van der Waals surface area (Å²) < 4.78 is 0. The van der Waals surface area contributed by atoms with Crippen molar-refractivity contribution in [3.05, 3.63) is 28.0 Å². The lowest BCUT2D eigenvalue weighted by atomic mass is 10.3. The Hall–Kier alpha value is -0.890. The molecule has 0 spiro atoms. The average Bonchev–Trinajstić information content (AvgIpc) is 2.31. The van der Waals surface area contributed by atoms with Crippen LogP contribution in [0.15, 0.2) is 17.5 Å². The maximum atomic E-state index is 10.5. The molecule has 1 aromatic heterocycles. The number of thiophene rings is 1. The van der Waals surface area contributed by atoms with Gasteiger partial charge in [0.15, 0.2) is 5.78 Å². The van der Waals surface area contributed by atoms with Gasteiger partial charge in [-0.25, -0.2) is 0 Å². The summed E-state index contributed by atoms with van der Waals surface area (Å²) in [6, 6.07) is 2.06. The van der Waals surface area contributed by atoms with Crippen LogP contribution in [0.4, 0.5) is 0 Å². The van der Waals surface area contributed by atoms with Crippen LogP contribution in [0.2, 0.25) is 0 Å². The van der Waals surface area contributed by atoms with Crippen molar-refractivity contribution in [1.82, 2.24) is 0 Å². The first-order valence-corrected chi connectivity index (χ1v) is 4.30. The van der Waals surface area contributed by atoms with E-state index < -0.39 is 0 Å². The number of aryl methyl sites for hydroxylation is 1. The van der Waals surface area contributed by atoms with Gasteiger partial charge >= 0.3 is 0 Å². The van der Waals surface area contributed by atoms with E-state index in [0.717, 1.165) is 4.88 Å². The molecule has 0 amide bonds. The Kier molecular flexibility index (Phi) is 2.60. The minimum absolute atomic E-state index is 0.0936. The lowest BCUT2D eigenvalue weighted by molar-refractivity contribution is -0.112. The van der Waals surface area contributed by atoms with Gasteiger partial charge < -0.3 is 0 Å². The number of hydrogen-bond acceptors (Lipinski definition) is 2. The molecule has 58 valence electrons. The SMILES string of the molecule is CC(=O)C=Cc1cc(C)cs1. The van der Waals surface area contributed by atoms with Crippen LogP contribution < -0.4 is 0 Å². The summed E-state index contributed by atoms with van der Waals surface area (Å²) in [6.45, 7) is 3.60. The third-order valence-electron chi connectivity index (χ3n) is 1.23. The fourth-order valence-corrected chi connectivity index (χ4v) is 1.53. The van der Waals surface area contributed by atoms with E-state index in [1.807, 2.05) is 13.0 Å². The molecule has 0 atom stereocenters. The van der Waals surface area contributed by atoms with Gasteiger partial charge in [-0.2, -0.15) is 0 Å². The molecule has 0 saturated heterocycles. The van der Waals surface area contributed by atoms with E-state index in [9.17, 15) is 4.79 Å². The molecule has 0 bridgehead atoms. The number of hydrogen-bond donors (Lipinski definition) is 0. The summed E-state index contributed by atoms with van der Waals surface area (Å²) in [5, 5.41) is 2.07. The van der Waals surface area contributed by atoms with Crippen molar-refractivity contribution < 1.29 is 4.79 Å². The van der Waals surface area contributed by atoms with Crippen LogP contribution in [0.25, 0.3) is 6.08 Å². The molecule has 0 saturated carbocycles. The Labute approximate surface area is 70.4 Å². The molecular formula is C9H10OS. The number of rotatable bonds is 2. The molecule has 2 heteroatoms. The van der Waals surface area contributed by atoms with Crippen LogP contribution in [0.1, 0.15) is 17.4 Å². The van der Waals surface area contributed by atoms with Crippen LogP contribution >= 0.6 is 11.3 Å². The van der Waals surface area contributed by atoms with Crippen LogP contribution in [0.5, 0.6) is 0 Å². The molecule has 1 rings (SSSR count). The van der Waals surface area contributed by atoms with Crippen molar-refractivity contribution in [2.45, 2.75) is 13.8 Å². The van der Waals surface area contributed by atoms with Gasteiger partial charge in [0.25, 0.3) is 0 Å². The highest BCUT2D eigenvalue weighted by atomic mass is 32.1. The first kappa shape index (κ1) is 8.21. The zero-order chi connectivity index (χ0) is 8.27. The van der Waals surface area contributed by atoms with E-state index in [4.69, 9.17) is 0 Å². The van der Waals surface area contributed by atoms with E-state index in [1.165, 1.54) is 5.56 Å². The molecule has 0 aliphatic rings. The minimum Gasteiger partial charge on any atom is -0.295 e. The van der Waals surface area contributed by atoms with Gasteiger partial charge in [-0.05, 0) is 43.0 Å². The topological polar surface area (TPSA) is 17.1 Å². The molecule has 0 aliphatic heterocycles. The van der Waals surface area contributed by atoms with E-state index in [1.54, 1.807) is 24.3 Å². The number of carbonyl (C=O) groups excluding carboxylic acids is 1. The van der Waals surface area contributed by atoms with Gasteiger partial charge in [-0.15, -0.1) is 11.3 Å². The van der Waals surface area contributed by atoms with E-state index in [0.29, 0.717) is 0 Å². The molecule has 0 N–H and O–H groups in total. The highest BCUT2D eigenvalue weighted by Gasteiger charge is 1.90. The maximum absolute atomic E-state index is 10.5. The molecule has 0 aromatic carbocycles. The maximum Gasteiger partial charge on any atom is 0.152 e. The van der Waals surface area contributed by atoms with Gasteiger partial charge in [-0.3, -0.25) is 4.79 Å². The van der Waals surface area contributed by atoms with Gasteiger partial charge in [0, 0.05) is 4.88 Å². The van der Waals surface area contributed by atoms with Crippen molar-refractivity contribution >= 4 is 23.2 Å². The van der Waals surface area contributed by atoms with Crippen LogP contribution in [0.3, 0.4) is 0 Å². The van der Waals surface area contributed by atoms with Crippen molar-refractivity contribution in [2.75, 3.05) is 0 Å². The normalized spacial score (nSPS) is 10.7. The van der Waals surface area contributed by atoms with Gasteiger partial charge in [0.1, 0.15) is 0 Å². The van der Waals surface area contributed by atoms with Crippen molar-refractivity contribution in [2.24, 2.45) is 0 Å². The Morgan fingerprint density at radius 1 is 1.64 bits per heavy atom. The summed E-state index contributed by atoms with van der Waals surface area (Å²) in [4.78, 5) is 11.7. The number of ketones is 1. The lowest BCUT2D eigenvalue weighted by Gasteiger charge is -1.80. The summed E-state index contributed by atoms with van der Waals surface area (Å²) in [5.74, 6) is 0.0936. The number of allylic oxidation sites excluding steroid dienone is 1. The molecule has 0 aliphatic carbocycles. The summed E-state index contributed by atoms with van der Waals surface area (Å²) in [6.07, 6.45) is 3.44. The van der Waals surface area contributed by atoms with Gasteiger partial charge in [0.05, 0.1) is 0 Å². The van der Waals surface area contributed by atoms with E-state index in [-0.39, 0.29) is 5.78 Å². The molecule has 0 unspecified atom stereocenters. The molecule has 1 heterocycles. The Balaban J connectivity index is 2.71. The first-order valence-electron chi connectivity index (χ1n) is 3.42. The zero-order valence-electron chi connectivity index (χ0n) is 6.63. The predicted molar refractivity (Wildman–Crippen MR) is 48.8 cm³/mol. The monoisotopic (exact) mass is 166 g/mol.